The van der Waals surface area contributed by atoms with E-state index in [0.29, 0.717) is 18.1 Å². The van der Waals surface area contributed by atoms with Crippen LogP contribution in [0, 0.1) is 5.92 Å². The van der Waals surface area contributed by atoms with Gasteiger partial charge in [-0.25, -0.2) is 0 Å². The van der Waals surface area contributed by atoms with Crippen LogP contribution in [0.2, 0.25) is 0 Å². The van der Waals surface area contributed by atoms with Crippen molar-refractivity contribution in [1.82, 2.24) is 15.1 Å². The Balaban J connectivity index is 1.51. The van der Waals surface area contributed by atoms with E-state index in [2.05, 4.69) is 29.0 Å². The summed E-state index contributed by atoms with van der Waals surface area (Å²) < 4.78 is 0. The lowest BCUT2D eigenvalue weighted by atomic mass is 9.93. The maximum Gasteiger partial charge on any atom is 0.240 e. The molecule has 3 aliphatic rings. The van der Waals surface area contributed by atoms with Crippen molar-refractivity contribution in [2.45, 2.75) is 89.9 Å². The molecule has 1 aliphatic carbocycles. The van der Waals surface area contributed by atoms with E-state index in [4.69, 9.17) is 0 Å². The molecule has 2 saturated heterocycles. The topological polar surface area (TPSA) is 52.7 Å². The fourth-order valence-corrected chi connectivity index (χ4v) is 4.32. The summed E-state index contributed by atoms with van der Waals surface area (Å²) >= 11 is 0. The molecular formula is C19H33N3O2. The summed E-state index contributed by atoms with van der Waals surface area (Å²) in [5.41, 5.74) is 0. The van der Waals surface area contributed by atoms with Gasteiger partial charge in [-0.3, -0.25) is 14.5 Å². The predicted octanol–water partition coefficient (Wildman–Crippen LogP) is 2.16. The van der Waals surface area contributed by atoms with Gasteiger partial charge in [-0.15, -0.1) is 0 Å². The van der Waals surface area contributed by atoms with Gasteiger partial charge in [0.05, 0.1) is 6.04 Å². The molecule has 3 rings (SSSR count). The Hall–Kier alpha value is -1.10. The number of carbonyl (C=O) groups excluding carboxylic acids is 2. The SMILES string of the molecule is C[C@@H]1CCC[C@H](C)N1C(=O)[C@H](C)N1CCC(C(=O)NC2CC2)CC1. The van der Waals surface area contributed by atoms with E-state index in [1.807, 2.05) is 6.92 Å². The molecule has 0 aromatic carbocycles. The molecule has 0 bridgehead atoms. The molecule has 0 radical (unpaired) electrons. The quantitative estimate of drug-likeness (QED) is 0.856. The van der Waals surface area contributed by atoms with E-state index in [0.717, 1.165) is 51.6 Å². The van der Waals surface area contributed by atoms with Gasteiger partial charge in [0.2, 0.25) is 11.8 Å². The normalized spacial score (nSPS) is 30.9. The number of amides is 2. The Morgan fingerprint density at radius 2 is 1.54 bits per heavy atom. The van der Waals surface area contributed by atoms with Crippen LogP contribution in [0.1, 0.15) is 65.7 Å². The molecule has 1 saturated carbocycles. The van der Waals surface area contributed by atoms with Gasteiger partial charge in [-0.2, -0.15) is 0 Å². The van der Waals surface area contributed by atoms with Crippen LogP contribution in [-0.4, -0.2) is 58.9 Å². The van der Waals surface area contributed by atoms with E-state index in [1.54, 1.807) is 0 Å². The van der Waals surface area contributed by atoms with Crippen LogP contribution >= 0.6 is 0 Å². The molecule has 24 heavy (non-hydrogen) atoms. The van der Waals surface area contributed by atoms with Gasteiger partial charge in [0.1, 0.15) is 0 Å². The third-order valence-corrected chi connectivity index (χ3v) is 6.18. The van der Waals surface area contributed by atoms with Crippen molar-refractivity contribution < 1.29 is 9.59 Å². The third-order valence-electron chi connectivity index (χ3n) is 6.18. The molecule has 0 unspecified atom stereocenters. The first-order valence-corrected chi connectivity index (χ1v) is 9.84. The van der Waals surface area contributed by atoms with E-state index in [-0.39, 0.29) is 23.8 Å². The first-order chi connectivity index (χ1) is 11.5. The smallest absolute Gasteiger partial charge is 0.240 e. The number of piperidine rings is 2. The van der Waals surface area contributed by atoms with Crippen molar-refractivity contribution in [1.29, 1.82) is 0 Å². The Labute approximate surface area is 146 Å². The highest BCUT2D eigenvalue weighted by atomic mass is 16.2. The molecule has 0 aromatic heterocycles. The van der Waals surface area contributed by atoms with Crippen molar-refractivity contribution >= 4 is 11.8 Å². The average Bonchev–Trinajstić information content (AvgIpc) is 3.38. The summed E-state index contributed by atoms with van der Waals surface area (Å²) in [6.07, 6.45) is 7.49. The highest BCUT2D eigenvalue weighted by Crippen LogP contribution is 2.26. The summed E-state index contributed by atoms with van der Waals surface area (Å²) in [6, 6.07) is 1.08. The van der Waals surface area contributed by atoms with Crippen LogP contribution in [0.3, 0.4) is 0 Å². The van der Waals surface area contributed by atoms with Crippen molar-refractivity contribution in [3.8, 4) is 0 Å². The molecular weight excluding hydrogens is 302 g/mol. The minimum Gasteiger partial charge on any atom is -0.353 e. The Bertz CT molecular complexity index is 459. The Morgan fingerprint density at radius 3 is 2.08 bits per heavy atom. The second-order valence-electron chi connectivity index (χ2n) is 8.14. The van der Waals surface area contributed by atoms with Crippen LogP contribution in [0.5, 0.6) is 0 Å². The fourth-order valence-electron chi connectivity index (χ4n) is 4.32. The Kier molecular flexibility index (Phi) is 5.48. The molecule has 2 aliphatic heterocycles. The second kappa shape index (κ2) is 7.42. The van der Waals surface area contributed by atoms with Crippen molar-refractivity contribution in [3.63, 3.8) is 0 Å². The molecule has 0 aromatic rings. The highest BCUT2D eigenvalue weighted by molar-refractivity contribution is 5.82. The van der Waals surface area contributed by atoms with Crippen molar-refractivity contribution in [2.24, 2.45) is 5.92 Å². The molecule has 0 spiro atoms. The van der Waals surface area contributed by atoms with E-state index in [9.17, 15) is 9.59 Å². The van der Waals surface area contributed by atoms with E-state index in [1.165, 1.54) is 6.42 Å². The van der Waals surface area contributed by atoms with Crippen molar-refractivity contribution in [2.75, 3.05) is 13.1 Å². The average molecular weight is 335 g/mol. The van der Waals surface area contributed by atoms with Crippen LogP contribution in [-0.2, 0) is 9.59 Å². The summed E-state index contributed by atoms with van der Waals surface area (Å²) in [5, 5.41) is 3.12. The molecule has 136 valence electrons. The second-order valence-corrected chi connectivity index (χ2v) is 8.14. The van der Waals surface area contributed by atoms with Crippen LogP contribution in [0.4, 0.5) is 0 Å². The number of hydrogen-bond acceptors (Lipinski definition) is 3. The molecule has 5 heteroatoms. The monoisotopic (exact) mass is 335 g/mol. The summed E-state index contributed by atoms with van der Waals surface area (Å²) in [6.45, 7) is 8.10. The third kappa shape index (κ3) is 3.93. The zero-order chi connectivity index (χ0) is 17.3. The van der Waals surface area contributed by atoms with Crippen LogP contribution in [0.25, 0.3) is 0 Å². The zero-order valence-corrected chi connectivity index (χ0v) is 15.5. The number of nitrogens with zero attached hydrogens (tertiary/aromatic N) is 2. The van der Waals surface area contributed by atoms with Gasteiger partial charge in [0, 0.05) is 24.0 Å². The number of likely N-dealkylation sites (tertiary alicyclic amines) is 2. The zero-order valence-electron chi connectivity index (χ0n) is 15.5. The van der Waals surface area contributed by atoms with E-state index >= 15 is 0 Å². The van der Waals surface area contributed by atoms with E-state index < -0.39 is 0 Å². The lowest BCUT2D eigenvalue weighted by Gasteiger charge is -2.43. The van der Waals surface area contributed by atoms with Gasteiger partial charge < -0.3 is 10.2 Å². The molecule has 1 N–H and O–H groups in total. The fraction of sp³-hybridized carbons (Fsp3) is 0.895. The first kappa shape index (κ1) is 17.7. The van der Waals surface area contributed by atoms with Gasteiger partial charge in [0.15, 0.2) is 0 Å². The minimum atomic E-state index is -0.0690. The predicted molar refractivity (Wildman–Crippen MR) is 94.5 cm³/mol. The number of nitrogens with one attached hydrogen (secondary N) is 1. The maximum absolute atomic E-state index is 13.0. The lowest BCUT2D eigenvalue weighted by Crippen LogP contribution is -2.56. The summed E-state index contributed by atoms with van der Waals surface area (Å²) in [4.78, 5) is 29.6. The maximum atomic E-state index is 13.0. The number of carbonyl (C=O) groups is 2. The summed E-state index contributed by atoms with van der Waals surface area (Å²) in [7, 11) is 0. The van der Waals surface area contributed by atoms with Crippen molar-refractivity contribution in [3.05, 3.63) is 0 Å². The van der Waals surface area contributed by atoms with Crippen LogP contribution in [0.15, 0.2) is 0 Å². The number of rotatable bonds is 4. The van der Waals surface area contributed by atoms with Gasteiger partial charge >= 0.3 is 0 Å². The van der Waals surface area contributed by atoms with Gasteiger partial charge in [-0.05, 0) is 78.8 Å². The first-order valence-electron chi connectivity index (χ1n) is 9.84. The largest absolute Gasteiger partial charge is 0.353 e. The highest BCUT2D eigenvalue weighted by Gasteiger charge is 2.36. The number of hydrogen-bond donors (Lipinski definition) is 1. The molecule has 2 heterocycles. The molecule has 2 amide bonds. The molecule has 3 fully saturated rings. The van der Waals surface area contributed by atoms with Gasteiger partial charge in [-0.1, -0.05) is 0 Å². The Morgan fingerprint density at radius 1 is 0.958 bits per heavy atom. The van der Waals surface area contributed by atoms with Gasteiger partial charge in [0.25, 0.3) is 0 Å². The summed E-state index contributed by atoms with van der Waals surface area (Å²) in [5.74, 6) is 0.641. The minimum absolute atomic E-state index is 0.0690. The van der Waals surface area contributed by atoms with Crippen LogP contribution < -0.4 is 5.32 Å². The standard InChI is InChI=1S/C19H33N3O2/c1-13-5-4-6-14(2)22(13)19(24)15(3)21-11-9-16(10-12-21)18(23)20-17-7-8-17/h13-17H,4-12H2,1-3H3,(H,20,23)/t13-,14+,15-/m0/s1. The lowest BCUT2D eigenvalue weighted by molar-refractivity contribution is -0.143. The molecule has 5 nitrogen and oxygen atoms in total. The molecule has 3 atom stereocenters.